The quantitative estimate of drug-likeness (QED) is 0.792. The number of anilines is 2. The topological polar surface area (TPSA) is 110 Å². The van der Waals surface area contributed by atoms with Crippen LogP contribution in [0.4, 0.5) is 11.4 Å². The van der Waals surface area contributed by atoms with Crippen LogP contribution in [0, 0.1) is 11.3 Å². The lowest BCUT2D eigenvalue weighted by Crippen LogP contribution is -2.12. The van der Waals surface area contributed by atoms with Gasteiger partial charge in [0.05, 0.1) is 0 Å². The molecular weight excluding hydrogens is 256 g/mol. The maximum Gasteiger partial charge on any atom is 0.252 e. The number of amides is 1. The molecule has 2 rings (SSSR count). The minimum Gasteiger partial charge on any atom is -0.399 e. The summed E-state index contributed by atoms with van der Waals surface area (Å²) in [6.45, 7) is 0.545. The largest absolute Gasteiger partial charge is 0.399 e. The number of aryl methyl sites for hydroxylation is 1. The second-order valence-corrected chi connectivity index (χ2v) is 4.22. The molecule has 0 bridgehead atoms. The van der Waals surface area contributed by atoms with E-state index in [4.69, 9.17) is 11.0 Å². The van der Waals surface area contributed by atoms with E-state index >= 15 is 0 Å². The van der Waals surface area contributed by atoms with Gasteiger partial charge in [0.2, 0.25) is 5.91 Å². The third-order valence-corrected chi connectivity index (χ3v) is 2.62. The Bertz CT molecular complexity index is 625. The number of nitriles is 1. The predicted molar refractivity (Wildman–Crippen MR) is 73.5 cm³/mol. The molecule has 102 valence electrons. The number of benzene rings is 1. The van der Waals surface area contributed by atoms with Gasteiger partial charge in [0.15, 0.2) is 0 Å². The summed E-state index contributed by atoms with van der Waals surface area (Å²) in [6, 6.07) is 8.82. The number of nitrogen functional groups attached to an aromatic ring is 1. The van der Waals surface area contributed by atoms with Gasteiger partial charge >= 0.3 is 0 Å². The van der Waals surface area contributed by atoms with Crippen molar-refractivity contribution in [3.05, 3.63) is 36.4 Å². The zero-order valence-electron chi connectivity index (χ0n) is 10.8. The van der Waals surface area contributed by atoms with Gasteiger partial charge in [0, 0.05) is 24.3 Å². The highest BCUT2D eigenvalue weighted by Crippen LogP contribution is 2.11. The lowest BCUT2D eigenvalue weighted by Gasteiger charge is -2.05. The number of nitrogens with zero attached hydrogens (tertiary/aromatic N) is 4. The Labute approximate surface area is 116 Å². The summed E-state index contributed by atoms with van der Waals surface area (Å²) in [4.78, 5) is 15.5. The van der Waals surface area contributed by atoms with Crippen LogP contribution in [0.5, 0.6) is 0 Å². The van der Waals surface area contributed by atoms with Crippen LogP contribution in [0.2, 0.25) is 0 Å². The molecule has 0 spiro atoms. The fraction of sp³-hybridized carbons (Fsp3) is 0.231. The second-order valence-electron chi connectivity index (χ2n) is 4.22. The molecule has 2 aromatic rings. The van der Waals surface area contributed by atoms with Crippen molar-refractivity contribution in [2.24, 2.45) is 0 Å². The monoisotopic (exact) mass is 270 g/mol. The predicted octanol–water partition coefficient (Wildman–Crippen LogP) is 1.15. The first-order valence-electron chi connectivity index (χ1n) is 6.12. The van der Waals surface area contributed by atoms with Crippen molar-refractivity contribution >= 4 is 17.3 Å². The molecule has 7 heteroatoms. The van der Waals surface area contributed by atoms with Gasteiger partial charge in [-0.15, -0.1) is 5.10 Å². The third-order valence-electron chi connectivity index (χ3n) is 2.62. The standard InChI is InChI=1S/C13H14N6O/c14-8-12-16-9-19(18-12)7-1-2-13(20)17-11-5-3-10(15)4-6-11/h3-6,9H,1-2,7,15H2,(H,17,20). The maximum absolute atomic E-state index is 11.7. The maximum atomic E-state index is 11.7. The van der Waals surface area contributed by atoms with E-state index in [1.165, 1.54) is 6.33 Å². The van der Waals surface area contributed by atoms with E-state index in [0.29, 0.717) is 25.1 Å². The summed E-state index contributed by atoms with van der Waals surface area (Å²) >= 11 is 0. The highest BCUT2D eigenvalue weighted by molar-refractivity contribution is 5.90. The highest BCUT2D eigenvalue weighted by atomic mass is 16.1. The average Bonchev–Trinajstić information content (AvgIpc) is 2.89. The lowest BCUT2D eigenvalue weighted by atomic mass is 10.2. The van der Waals surface area contributed by atoms with Gasteiger partial charge in [-0.2, -0.15) is 5.26 Å². The van der Waals surface area contributed by atoms with Crippen molar-refractivity contribution in [3.63, 3.8) is 0 Å². The van der Waals surface area contributed by atoms with Crippen LogP contribution in [-0.4, -0.2) is 20.7 Å². The first kappa shape index (κ1) is 13.5. The Morgan fingerprint density at radius 1 is 1.40 bits per heavy atom. The second kappa shape index (κ2) is 6.33. The molecule has 7 nitrogen and oxygen atoms in total. The van der Waals surface area contributed by atoms with Crippen LogP contribution in [0.15, 0.2) is 30.6 Å². The molecule has 0 aliphatic carbocycles. The van der Waals surface area contributed by atoms with Gasteiger partial charge in [0.25, 0.3) is 5.82 Å². The van der Waals surface area contributed by atoms with Gasteiger partial charge in [-0.3, -0.25) is 9.48 Å². The molecule has 1 aromatic carbocycles. The summed E-state index contributed by atoms with van der Waals surface area (Å²) < 4.78 is 1.55. The Balaban J connectivity index is 1.75. The van der Waals surface area contributed by atoms with Gasteiger partial charge in [-0.1, -0.05) is 0 Å². The van der Waals surface area contributed by atoms with Gasteiger partial charge < -0.3 is 11.1 Å². The van der Waals surface area contributed by atoms with Crippen molar-refractivity contribution in [3.8, 4) is 6.07 Å². The van der Waals surface area contributed by atoms with Crippen molar-refractivity contribution < 1.29 is 4.79 Å². The molecular formula is C13H14N6O. The van der Waals surface area contributed by atoms with Crippen LogP contribution < -0.4 is 11.1 Å². The van der Waals surface area contributed by atoms with Crippen LogP contribution in [0.3, 0.4) is 0 Å². The Hall–Kier alpha value is -2.88. The average molecular weight is 270 g/mol. The summed E-state index contributed by atoms with van der Waals surface area (Å²) in [5, 5.41) is 15.3. The molecule has 1 heterocycles. The van der Waals surface area contributed by atoms with E-state index in [-0.39, 0.29) is 11.7 Å². The summed E-state index contributed by atoms with van der Waals surface area (Å²) in [6.07, 6.45) is 2.47. The number of aromatic nitrogens is 3. The zero-order valence-corrected chi connectivity index (χ0v) is 10.8. The van der Waals surface area contributed by atoms with Crippen LogP contribution >= 0.6 is 0 Å². The molecule has 0 fully saturated rings. The minimum atomic E-state index is -0.0737. The smallest absolute Gasteiger partial charge is 0.252 e. The molecule has 0 atom stereocenters. The fourth-order valence-electron chi connectivity index (χ4n) is 1.65. The Kier molecular flexibility index (Phi) is 4.29. The molecule has 0 aliphatic heterocycles. The van der Waals surface area contributed by atoms with E-state index in [1.54, 1.807) is 28.9 Å². The first-order valence-corrected chi connectivity index (χ1v) is 6.12. The number of nitrogens with two attached hydrogens (primary N) is 1. The molecule has 3 N–H and O–H groups in total. The Morgan fingerprint density at radius 3 is 2.80 bits per heavy atom. The molecule has 0 saturated carbocycles. The number of hydrogen-bond donors (Lipinski definition) is 2. The van der Waals surface area contributed by atoms with E-state index in [1.807, 2.05) is 6.07 Å². The minimum absolute atomic E-state index is 0.0737. The summed E-state index contributed by atoms with van der Waals surface area (Å²) in [5.41, 5.74) is 6.94. The third kappa shape index (κ3) is 3.81. The molecule has 0 radical (unpaired) electrons. The molecule has 0 aliphatic rings. The fourth-order valence-corrected chi connectivity index (χ4v) is 1.65. The molecule has 20 heavy (non-hydrogen) atoms. The van der Waals surface area contributed by atoms with Gasteiger partial charge in [-0.05, 0) is 30.7 Å². The molecule has 0 saturated heterocycles. The molecule has 1 amide bonds. The van der Waals surface area contributed by atoms with Gasteiger partial charge in [-0.25, -0.2) is 4.98 Å². The van der Waals surface area contributed by atoms with E-state index in [0.717, 1.165) is 5.69 Å². The highest BCUT2D eigenvalue weighted by Gasteiger charge is 2.04. The number of carbonyl (C=O) groups is 1. The number of carbonyl (C=O) groups excluding carboxylic acids is 1. The van der Waals surface area contributed by atoms with Crippen LogP contribution in [0.25, 0.3) is 0 Å². The number of nitrogens with one attached hydrogen (secondary N) is 1. The van der Waals surface area contributed by atoms with Crippen molar-refractivity contribution in [2.75, 3.05) is 11.1 Å². The number of hydrogen-bond acceptors (Lipinski definition) is 5. The Morgan fingerprint density at radius 2 is 2.15 bits per heavy atom. The van der Waals surface area contributed by atoms with E-state index in [9.17, 15) is 4.79 Å². The number of rotatable bonds is 5. The lowest BCUT2D eigenvalue weighted by molar-refractivity contribution is -0.116. The summed E-state index contributed by atoms with van der Waals surface area (Å²) in [7, 11) is 0. The van der Waals surface area contributed by atoms with Crippen LogP contribution in [0.1, 0.15) is 18.7 Å². The molecule has 1 aromatic heterocycles. The zero-order chi connectivity index (χ0) is 14.4. The summed E-state index contributed by atoms with van der Waals surface area (Å²) in [5.74, 6) is 0.0618. The van der Waals surface area contributed by atoms with Crippen molar-refractivity contribution in [2.45, 2.75) is 19.4 Å². The van der Waals surface area contributed by atoms with Crippen molar-refractivity contribution in [1.82, 2.24) is 14.8 Å². The van der Waals surface area contributed by atoms with Crippen molar-refractivity contribution in [1.29, 1.82) is 5.26 Å². The van der Waals surface area contributed by atoms with Crippen LogP contribution in [-0.2, 0) is 11.3 Å². The van der Waals surface area contributed by atoms with E-state index in [2.05, 4.69) is 15.4 Å². The molecule has 0 unspecified atom stereocenters. The van der Waals surface area contributed by atoms with E-state index < -0.39 is 0 Å². The van der Waals surface area contributed by atoms with Gasteiger partial charge in [0.1, 0.15) is 12.4 Å². The normalized spacial score (nSPS) is 9.95. The first-order chi connectivity index (χ1) is 9.67. The SMILES string of the molecule is N#Cc1ncn(CCCC(=O)Nc2ccc(N)cc2)n1.